The van der Waals surface area contributed by atoms with Gasteiger partial charge in [0.25, 0.3) is 0 Å². The Balaban J connectivity index is 5.43. The molecule has 5 atom stereocenters. The maximum Gasteiger partial charge on any atom is 0.472 e. The third kappa shape index (κ3) is 81.0. The lowest BCUT2D eigenvalue weighted by atomic mass is 10.1. The number of allylic oxidation sites excluding steroid dienone is 24. The van der Waals surface area contributed by atoms with Gasteiger partial charge in [0.2, 0.25) is 0 Å². The number of phosphoric ester groups is 2. The molecular formula is C91H154O17P2. The highest BCUT2D eigenvalue weighted by Gasteiger charge is 2.30. The molecule has 0 bridgehead atoms. The minimum absolute atomic E-state index is 0.0718. The number of aliphatic hydroxyl groups excluding tert-OH is 1. The van der Waals surface area contributed by atoms with E-state index in [0.29, 0.717) is 25.7 Å². The minimum atomic E-state index is -5.00. The minimum Gasteiger partial charge on any atom is -0.462 e. The normalized spacial score (nSPS) is 14.5. The Kier molecular flexibility index (Phi) is 78.2. The molecule has 19 heteroatoms. The monoisotopic (exact) mass is 1580 g/mol. The number of carbonyl (C=O) groups excluding carboxylic acids is 4. The van der Waals surface area contributed by atoms with Crippen molar-refractivity contribution in [3.05, 3.63) is 146 Å². The van der Waals surface area contributed by atoms with E-state index in [-0.39, 0.29) is 25.7 Å². The van der Waals surface area contributed by atoms with Crippen LogP contribution in [0.4, 0.5) is 0 Å². The summed E-state index contributed by atoms with van der Waals surface area (Å²) in [6.07, 6.45) is 95.1. The number of hydrogen-bond donors (Lipinski definition) is 3. The predicted octanol–water partition coefficient (Wildman–Crippen LogP) is 25.8. The molecule has 0 aliphatic heterocycles. The SMILES string of the molecule is CC/C=C\C/C=C\C/C=C\C/C=C\C/C=C\CCCCCC(=O)OCC(COP(=O)(O)OCC(O)COP(=O)(O)OCC(COC(=O)CCCCCCCC/C=C\C/C=C\C/C=C\CCCCC)OC(=O)CCCCCCC/C=C\CCCCCCCC)OC(=O)CCCCCCCCC/C=C\C/C=C\C/C=C\CC. The maximum atomic E-state index is 13.1. The Labute approximate surface area is 668 Å². The van der Waals surface area contributed by atoms with E-state index in [2.05, 4.69) is 174 Å². The highest BCUT2D eigenvalue weighted by atomic mass is 31.2. The highest BCUT2D eigenvalue weighted by Crippen LogP contribution is 2.45. The smallest absolute Gasteiger partial charge is 0.462 e. The van der Waals surface area contributed by atoms with Crippen molar-refractivity contribution in [3.63, 3.8) is 0 Å². The van der Waals surface area contributed by atoms with Crippen LogP contribution in [0.2, 0.25) is 0 Å². The van der Waals surface area contributed by atoms with Gasteiger partial charge in [0.05, 0.1) is 26.4 Å². The largest absolute Gasteiger partial charge is 0.472 e. The Morgan fingerprint density at radius 1 is 0.264 bits per heavy atom. The molecule has 110 heavy (non-hydrogen) atoms. The zero-order valence-corrected chi connectivity index (χ0v) is 70.9. The van der Waals surface area contributed by atoms with Crippen LogP contribution >= 0.6 is 15.6 Å². The van der Waals surface area contributed by atoms with Crippen molar-refractivity contribution in [3.8, 4) is 0 Å². The van der Waals surface area contributed by atoms with Crippen LogP contribution in [0.1, 0.15) is 349 Å². The summed E-state index contributed by atoms with van der Waals surface area (Å²) in [5, 5.41) is 10.7. The van der Waals surface area contributed by atoms with Crippen molar-refractivity contribution in [2.75, 3.05) is 39.6 Å². The van der Waals surface area contributed by atoms with Gasteiger partial charge in [0.1, 0.15) is 19.3 Å². The molecule has 0 aliphatic carbocycles. The number of esters is 4. The number of ether oxygens (including phenoxy) is 4. The molecule has 0 radical (unpaired) electrons. The number of aliphatic hydroxyl groups is 1. The molecule has 0 saturated heterocycles. The van der Waals surface area contributed by atoms with Gasteiger partial charge in [-0.15, -0.1) is 0 Å². The van der Waals surface area contributed by atoms with Crippen molar-refractivity contribution in [2.45, 2.75) is 367 Å². The van der Waals surface area contributed by atoms with Crippen molar-refractivity contribution in [1.29, 1.82) is 0 Å². The molecule has 3 N–H and O–H groups in total. The van der Waals surface area contributed by atoms with Crippen LogP contribution in [-0.2, 0) is 65.4 Å². The fraction of sp³-hybridized carbons (Fsp3) is 0.692. The van der Waals surface area contributed by atoms with Gasteiger partial charge in [0.15, 0.2) is 12.2 Å². The van der Waals surface area contributed by atoms with Crippen LogP contribution in [0.25, 0.3) is 0 Å². The van der Waals surface area contributed by atoms with Gasteiger partial charge in [-0.2, -0.15) is 0 Å². The second-order valence-electron chi connectivity index (χ2n) is 28.4. The first-order valence-corrected chi connectivity index (χ1v) is 46.1. The Morgan fingerprint density at radius 3 is 0.764 bits per heavy atom. The quantitative estimate of drug-likeness (QED) is 0.0169. The summed E-state index contributed by atoms with van der Waals surface area (Å²) >= 11 is 0. The van der Waals surface area contributed by atoms with Gasteiger partial charge in [0, 0.05) is 25.7 Å². The lowest BCUT2D eigenvalue weighted by Gasteiger charge is -2.21. The molecule has 0 aromatic rings. The molecule has 0 amide bonds. The second kappa shape index (κ2) is 81.9. The van der Waals surface area contributed by atoms with E-state index < -0.39 is 97.5 Å². The average molecular weight is 1580 g/mol. The summed E-state index contributed by atoms with van der Waals surface area (Å²) in [5.41, 5.74) is 0. The lowest BCUT2D eigenvalue weighted by molar-refractivity contribution is -0.161. The molecule has 0 aromatic carbocycles. The van der Waals surface area contributed by atoms with Crippen molar-refractivity contribution >= 4 is 39.5 Å². The van der Waals surface area contributed by atoms with Crippen molar-refractivity contribution in [1.82, 2.24) is 0 Å². The van der Waals surface area contributed by atoms with E-state index in [1.54, 1.807) is 0 Å². The van der Waals surface area contributed by atoms with E-state index in [0.717, 1.165) is 212 Å². The molecule has 0 rings (SSSR count). The van der Waals surface area contributed by atoms with E-state index in [4.69, 9.17) is 37.0 Å². The lowest BCUT2D eigenvalue weighted by Crippen LogP contribution is -2.30. The summed E-state index contributed by atoms with van der Waals surface area (Å²) in [4.78, 5) is 73.3. The summed E-state index contributed by atoms with van der Waals surface area (Å²) in [6.45, 7) is 4.59. The zero-order chi connectivity index (χ0) is 80.3. The third-order valence-corrected chi connectivity index (χ3v) is 19.7. The van der Waals surface area contributed by atoms with Gasteiger partial charge in [-0.05, 0) is 167 Å². The van der Waals surface area contributed by atoms with Gasteiger partial charge in [-0.1, -0.05) is 302 Å². The first kappa shape index (κ1) is 105. The topological polar surface area (TPSA) is 237 Å². The van der Waals surface area contributed by atoms with E-state index in [9.17, 15) is 43.2 Å². The van der Waals surface area contributed by atoms with Gasteiger partial charge < -0.3 is 33.8 Å². The van der Waals surface area contributed by atoms with E-state index in [1.807, 2.05) is 0 Å². The van der Waals surface area contributed by atoms with Crippen LogP contribution in [-0.4, -0.2) is 96.7 Å². The molecule has 0 fully saturated rings. The third-order valence-electron chi connectivity index (χ3n) is 17.8. The van der Waals surface area contributed by atoms with Crippen LogP contribution in [0.15, 0.2) is 146 Å². The molecule has 0 saturated carbocycles. The fourth-order valence-electron chi connectivity index (χ4n) is 11.3. The molecule has 5 unspecified atom stereocenters. The van der Waals surface area contributed by atoms with Gasteiger partial charge >= 0.3 is 39.5 Å². The predicted molar refractivity (Wildman–Crippen MR) is 454 cm³/mol. The number of hydrogen-bond acceptors (Lipinski definition) is 15. The molecule has 17 nitrogen and oxygen atoms in total. The molecule has 0 aliphatic rings. The van der Waals surface area contributed by atoms with E-state index in [1.165, 1.54) is 57.8 Å². The Hall–Kier alpha value is -5.06. The number of phosphoric acid groups is 2. The molecule has 0 aromatic heterocycles. The molecule has 630 valence electrons. The number of unbranched alkanes of at least 4 members (excludes halogenated alkanes) is 30. The van der Waals surface area contributed by atoms with Crippen molar-refractivity contribution < 1.29 is 80.2 Å². The highest BCUT2D eigenvalue weighted by molar-refractivity contribution is 7.47. The first-order chi connectivity index (χ1) is 53.7. The van der Waals surface area contributed by atoms with Crippen LogP contribution in [0, 0.1) is 0 Å². The number of carbonyl (C=O) groups is 4. The molecule has 0 spiro atoms. The molecular weight excluding hydrogens is 1430 g/mol. The summed E-state index contributed by atoms with van der Waals surface area (Å²) in [6, 6.07) is 0. The van der Waals surface area contributed by atoms with Gasteiger partial charge in [-0.25, -0.2) is 9.13 Å². The fourth-order valence-corrected chi connectivity index (χ4v) is 12.8. The van der Waals surface area contributed by atoms with Crippen LogP contribution < -0.4 is 0 Å². The summed E-state index contributed by atoms with van der Waals surface area (Å²) in [5.74, 6) is -2.24. The summed E-state index contributed by atoms with van der Waals surface area (Å²) in [7, 11) is -9.99. The Bertz CT molecular complexity index is 2650. The number of rotatable bonds is 80. The van der Waals surface area contributed by atoms with Crippen LogP contribution in [0.3, 0.4) is 0 Å². The summed E-state index contributed by atoms with van der Waals surface area (Å²) < 4.78 is 68.8. The standard InChI is InChI=1S/C91H154O17P2/c1-5-9-13-17-21-25-29-33-37-40-42-45-48-51-55-59-63-67-71-75-88(93)101-81-86(107-90(95)77-73-69-65-61-57-53-47-36-32-28-24-20-16-12-8-4)83-105-109(97,98)103-79-85(92)80-104-110(99,100)106-84-87(108-91(96)78-74-70-66-62-58-54-50-44-39-35-31-27-23-19-15-11-7-3)82-102-89(94)76-72-68-64-60-56-52-49-46-43-41-38-34-30-26-22-18-14-10-6-2/h10-11,14-15,21-23,25-27,33-39,42-43,45-47,52,56,85-87,92H,5-9,12-13,16-20,24,28-32,40-41,44,48-51,53-55,57-84H2,1-4H3,(H,97,98)(H,99,100)/b14-10-,15-11-,25-21-,26-22-,27-23-,37-33-,38-34-,39-35-,45-42-,46-43-,47-36-,56-52-. The maximum absolute atomic E-state index is 13.1. The van der Waals surface area contributed by atoms with Gasteiger partial charge in [-0.3, -0.25) is 37.3 Å². The zero-order valence-electron chi connectivity index (χ0n) is 69.1. The molecule has 0 heterocycles. The first-order valence-electron chi connectivity index (χ1n) is 43.1. The van der Waals surface area contributed by atoms with E-state index >= 15 is 0 Å². The average Bonchev–Trinajstić information content (AvgIpc) is 0.906. The van der Waals surface area contributed by atoms with Crippen molar-refractivity contribution in [2.24, 2.45) is 0 Å². The van der Waals surface area contributed by atoms with Crippen LogP contribution in [0.5, 0.6) is 0 Å². The Morgan fingerprint density at radius 2 is 0.473 bits per heavy atom. The second-order valence-corrected chi connectivity index (χ2v) is 31.3.